The molecule has 0 aliphatic heterocycles. The Kier molecular flexibility index (Phi) is 6.00. The first-order chi connectivity index (χ1) is 12.3. The van der Waals surface area contributed by atoms with Gasteiger partial charge >= 0.3 is 0 Å². The Balaban J connectivity index is 1.60. The van der Waals surface area contributed by atoms with Crippen molar-refractivity contribution >= 4 is 11.9 Å². The first-order valence-electron chi connectivity index (χ1n) is 8.79. The predicted molar refractivity (Wildman–Crippen MR) is 105 cm³/mol. The molecule has 0 atom stereocenters. The molecule has 0 spiro atoms. The molecule has 0 fully saturated rings. The van der Waals surface area contributed by atoms with E-state index in [2.05, 4.69) is 36.2 Å². The van der Waals surface area contributed by atoms with Crippen molar-refractivity contribution in [2.24, 2.45) is 4.99 Å². The summed E-state index contributed by atoms with van der Waals surface area (Å²) in [4.78, 5) is 4.55. The molecule has 0 saturated heterocycles. The molecule has 2 heteroatoms. The van der Waals surface area contributed by atoms with E-state index in [1.807, 2.05) is 60.8 Å². The van der Waals surface area contributed by atoms with Crippen LogP contribution in [0, 0.1) is 0 Å². The van der Waals surface area contributed by atoms with Crippen molar-refractivity contribution in [2.45, 2.75) is 26.2 Å². The van der Waals surface area contributed by atoms with Gasteiger partial charge in [-0.1, -0.05) is 43.7 Å². The van der Waals surface area contributed by atoms with E-state index >= 15 is 0 Å². The van der Waals surface area contributed by atoms with Crippen molar-refractivity contribution < 1.29 is 4.74 Å². The zero-order valence-corrected chi connectivity index (χ0v) is 14.6. The number of benzene rings is 3. The third kappa shape index (κ3) is 5.32. The summed E-state index contributed by atoms with van der Waals surface area (Å²) < 4.78 is 5.80. The second-order valence-electron chi connectivity index (χ2n) is 6.01. The number of hydrogen-bond donors (Lipinski definition) is 0. The Morgan fingerprint density at radius 3 is 2.16 bits per heavy atom. The minimum absolute atomic E-state index is 0.823. The number of unbranched alkanes of at least 4 members (excludes halogenated alkanes) is 1. The summed E-state index contributed by atoms with van der Waals surface area (Å²) in [5.74, 6) is 1.66. The highest BCUT2D eigenvalue weighted by molar-refractivity contribution is 5.82. The maximum atomic E-state index is 5.80. The molecule has 126 valence electrons. The average molecular weight is 329 g/mol. The number of ether oxygens (including phenoxy) is 1. The van der Waals surface area contributed by atoms with Crippen LogP contribution in [0.3, 0.4) is 0 Å². The van der Waals surface area contributed by atoms with Gasteiger partial charge in [-0.15, -0.1) is 0 Å². The molecule has 0 aromatic heterocycles. The van der Waals surface area contributed by atoms with Crippen molar-refractivity contribution in [3.63, 3.8) is 0 Å². The third-order valence-corrected chi connectivity index (χ3v) is 3.98. The van der Waals surface area contributed by atoms with Gasteiger partial charge in [0.1, 0.15) is 11.5 Å². The van der Waals surface area contributed by atoms with Crippen LogP contribution in [0.25, 0.3) is 0 Å². The Hall–Kier alpha value is -2.87. The molecule has 25 heavy (non-hydrogen) atoms. The second kappa shape index (κ2) is 8.84. The second-order valence-corrected chi connectivity index (χ2v) is 6.01. The summed E-state index contributed by atoms with van der Waals surface area (Å²) in [5, 5.41) is 0. The fraction of sp³-hybridized carbons (Fsp3) is 0.174. The quantitative estimate of drug-likeness (QED) is 0.449. The Bertz CT molecular complexity index is 790. The fourth-order valence-corrected chi connectivity index (χ4v) is 2.53. The van der Waals surface area contributed by atoms with Crippen molar-refractivity contribution in [3.8, 4) is 11.5 Å². The van der Waals surface area contributed by atoms with Crippen LogP contribution < -0.4 is 4.74 Å². The van der Waals surface area contributed by atoms with Crippen LogP contribution in [0.15, 0.2) is 83.9 Å². The van der Waals surface area contributed by atoms with Crippen molar-refractivity contribution in [1.29, 1.82) is 0 Å². The maximum Gasteiger partial charge on any atom is 0.127 e. The summed E-state index contributed by atoms with van der Waals surface area (Å²) >= 11 is 0. The molecule has 0 radical (unpaired) electrons. The van der Waals surface area contributed by atoms with Crippen LogP contribution in [0.2, 0.25) is 0 Å². The van der Waals surface area contributed by atoms with Crippen molar-refractivity contribution in [3.05, 3.63) is 90.0 Å². The summed E-state index contributed by atoms with van der Waals surface area (Å²) in [6.45, 7) is 2.22. The highest BCUT2D eigenvalue weighted by atomic mass is 16.5. The van der Waals surface area contributed by atoms with Crippen molar-refractivity contribution in [2.75, 3.05) is 0 Å². The average Bonchev–Trinajstić information content (AvgIpc) is 2.67. The van der Waals surface area contributed by atoms with E-state index in [1.165, 1.54) is 18.4 Å². The smallest absolute Gasteiger partial charge is 0.127 e. The first kappa shape index (κ1) is 17.0. The monoisotopic (exact) mass is 329 g/mol. The largest absolute Gasteiger partial charge is 0.457 e. The number of para-hydroxylation sites is 1. The Morgan fingerprint density at radius 2 is 1.48 bits per heavy atom. The fourth-order valence-electron chi connectivity index (χ4n) is 2.53. The van der Waals surface area contributed by atoms with Crippen molar-refractivity contribution in [1.82, 2.24) is 0 Å². The molecule has 0 bridgehead atoms. The molecule has 3 aromatic carbocycles. The molecule has 0 saturated carbocycles. The lowest BCUT2D eigenvalue weighted by molar-refractivity contribution is 0.482. The SMILES string of the molecule is CCCCc1ccc(N=Cc2ccc(Oc3ccccc3)cc2)cc1. The van der Waals surface area contributed by atoms with Gasteiger partial charge in [-0.25, -0.2) is 0 Å². The number of rotatable bonds is 7. The van der Waals surface area contributed by atoms with Gasteiger partial charge in [-0.3, -0.25) is 4.99 Å². The summed E-state index contributed by atoms with van der Waals surface area (Å²) in [6, 6.07) is 26.2. The third-order valence-electron chi connectivity index (χ3n) is 3.98. The molecule has 0 N–H and O–H groups in total. The van der Waals surface area contributed by atoms with Gasteiger partial charge in [0.25, 0.3) is 0 Å². The summed E-state index contributed by atoms with van der Waals surface area (Å²) in [5.41, 5.74) is 3.41. The van der Waals surface area contributed by atoms with Crippen LogP contribution in [0.1, 0.15) is 30.9 Å². The van der Waals surface area contributed by atoms with E-state index < -0.39 is 0 Å². The minimum atomic E-state index is 0.823. The molecule has 0 aliphatic rings. The molecule has 3 aromatic rings. The van der Waals surface area contributed by atoms with Gasteiger partial charge in [0, 0.05) is 6.21 Å². The molecule has 0 amide bonds. The van der Waals surface area contributed by atoms with Gasteiger partial charge in [0.2, 0.25) is 0 Å². The number of aryl methyl sites for hydroxylation is 1. The predicted octanol–water partition coefficient (Wildman–Crippen LogP) is 6.57. The van der Waals surface area contributed by atoms with E-state index in [9.17, 15) is 0 Å². The maximum absolute atomic E-state index is 5.80. The zero-order valence-electron chi connectivity index (χ0n) is 14.6. The van der Waals surface area contributed by atoms with E-state index in [0.29, 0.717) is 0 Å². The molecule has 2 nitrogen and oxygen atoms in total. The zero-order chi connectivity index (χ0) is 17.3. The molecule has 0 heterocycles. The Labute approximate surface area is 149 Å². The minimum Gasteiger partial charge on any atom is -0.457 e. The molecule has 3 rings (SSSR count). The molecular weight excluding hydrogens is 306 g/mol. The lowest BCUT2D eigenvalue weighted by Crippen LogP contribution is -1.85. The van der Waals surface area contributed by atoms with Gasteiger partial charge in [-0.05, 0) is 72.5 Å². The summed E-state index contributed by atoms with van der Waals surface area (Å²) in [7, 11) is 0. The van der Waals surface area contributed by atoms with E-state index in [0.717, 1.165) is 29.2 Å². The van der Waals surface area contributed by atoms with Crippen LogP contribution in [-0.4, -0.2) is 6.21 Å². The topological polar surface area (TPSA) is 21.6 Å². The van der Waals surface area contributed by atoms with Gasteiger partial charge in [0.15, 0.2) is 0 Å². The van der Waals surface area contributed by atoms with Crippen LogP contribution in [0.5, 0.6) is 11.5 Å². The lowest BCUT2D eigenvalue weighted by Gasteiger charge is -2.05. The highest BCUT2D eigenvalue weighted by Crippen LogP contribution is 2.21. The van der Waals surface area contributed by atoms with Gasteiger partial charge in [-0.2, -0.15) is 0 Å². The first-order valence-corrected chi connectivity index (χ1v) is 8.79. The van der Waals surface area contributed by atoms with E-state index in [4.69, 9.17) is 4.74 Å². The molecular formula is C23H23NO. The van der Waals surface area contributed by atoms with E-state index in [-0.39, 0.29) is 0 Å². The molecule has 0 unspecified atom stereocenters. The normalized spacial score (nSPS) is 10.9. The van der Waals surface area contributed by atoms with E-state index in [1.54, 1.807) is 0 Å². The van der Waals surface area contributed by atoms with Gasteiger partial charge in [0.05, 0.1) is 5.69 Å². The standard InChI is InChI=1S/C23H23NO/c1-2-3-7-19-10-14-21(15-11-19)24-18-20-12-16-23(17-13-20)25-22-8-5-4-6-9-22/h4-6,8-18H,2-3,7H2,1H3. The number of hydrogen-bond acceptors (Lipinski definition) is 2. The molecule has 0 aliphatic carbocycles. The van der Waals surface area contributed by atoms with Crippen LogP contribution in [-0.2, 0) is 6.42 Å². The summed E-state index contributed by atoms with van der Waals surface area (Å²) in [6.07, 6.45) is 5.49. The highest BCUT2D eigenvalue weighted by Gasteiger charge is 1.97. The Morgan fingerprint density at radius 1 is 0.800 bits per heavy atom. The van der Waals surface area contributed by atoms with Crippen LogP contribution >= 0.6 is 0 Å². The number of aliphatic imine (C=N–C) groups is 1. The lowest BCUT2D eigenvalue weighted by atomic mass is 10.1. The number of nitrogens with zero attached hydrogens (tertiary/aromatic N) is 1. The van der Waals surface area contributed by atoms with Gasteiger partial charge < -0.3 is 4.74 Å². The van der Waals surface area contributed by atoms with Crippen LogP contribution in [0.4, 0.5) is 5.69 Å².